The maximum atomic E-state index is 10.3. The van der Waals surface area contributed by atoms with E-state index in [1.165, 1.54) is 95.8 Å². The summed E-state index contributed by atoms with van der Waals surface area (Å²) in [4.78, 5) is 10.3. The molecule has 0 unspecified atom stereocenters. The van der Waals surface area contributed by atoms with E-state index in [9.17, 15) is 4.79 Å². The first-order valence-electron chi connectivity index (χ1n) is 8.64. The van der Waals surface area contributed by atoms with Gasteiger partial charge in [0.2, 0.25) is 0 Å². The molecule has 2 nitrogen and oxygen atoms in total. The van der Waals surface area contributed by atoms with Crippen LogP contribution in [0.15, 0.2) is 12.2 Å². The van der Waals surface area contributed by atoms with E-state index in [2.05, 4.69) is 12.2 Å². The van der Waals surface area contributed by atoms with Crippen molar-refractivity contribution in [2.24, 2.45) is 0 Å². The van der Waals surface area contributed by atoms with Crippen LogP contribution in [-0.2, 0) is 4.79 Å². The number of rotatable bonds is 15. The third-order valence-corrected chi connectivity index (χ3v) is 4.36. The summed E-state index contributed by atoms with van der Waals surface area (Å²) in [6.45, 7) is 0. The minimum atomic E-state index is -0.663. The van der Waals surface area contributed by atoms with E-state index < -0.39 is 5.97 Å². The molecule has 0 saturated carbocycles. The topological polar surface area (TPSA) is 37.3 Å². The number of aliphatic carboxylic acids is 1. The van der Waals surface area contributed by atoms with Crippen LogP contribution in [0, 0.1) is 0 Å². The van der Waals surface area contributed by atoms with E-state index in [4.69, 9.17) is 5.11 Å². The Kier molecular flexibility index (Phi) is 17.4. The van der Waals surface area contributed by atoms with Crippen LogP contribution < -0.4 is 0 Å². The molecule has 0 radical (unpaired) electrons. The normalized spacial score (nSPS) is 11.3. The molecule has 0 aromatic heterocycles. The first kappa shape index (κ1) is 20.2. The second-order valence-electron chi connectivity index (χ2n) is 5.73. The van der Waals surface area contributed by atoms with Crippen molar-refractivity contribution in [1.29, 1.82) is 0 Å². The van der Waals surface area contributed by atoms with Crippen molar-refractivity contribution in [3.8, 4) is 0 Å². The summed E-state index contributed by atoms with van der Waals surface area (Å²) >= 11 is 1.37. The van der Waals surface area contributed by atoms with Crippen molar-refractivity contribution in [1.82, 2.24) is 0 Å². The monoisotopic (exact) mass is 290 g/mol. The van der Waals surface area contributed by atoms with Crippen LogP contribution in [0.4, 0.5) is 0 Å². The van der Waals surface area contributed by atoms with Gasteiger partial charge in [0.1, 0.15) is 0 Å². The summed E-state index contributed by atoms with van der Waals surface area (Å²) in [5.74, 6) is -0.663. The number of allylic oxidation sites excluding steroid dienone is 2. The fourth-order valence-corrected chi connectivity index (χ4v) is 2.85. The van der Waals surface area contributed by atoms with Gasteiger partial charge < -0.3 is 5.11 Å². The van der Waals surface area contributed by atoms with E-state index in [0.29, 0.717) is 6.42 Å². The van der Waals surface area contributed by atoms with E-state index in [1.807, 2.05) is 0 Å². The van der Waals surface area contributed by atoms with E-state index >= 15 is 0 Å². The molecule has 1 N–H and O–H groups in total. The summed E-state index contributed by atoms with van der Waals surface area (Å²) in [5.41, 5.74) is 0. The van der Waals surface area contributed by atoms with Crippen molar-refractivity contribution < 1.29 is 9.90 Å². The molecule has 0 saturated heterocycles. The minimum absolute atomic E-state index is 0.333. The Hall–Kier alpha value is 0.210. The van der Waals surface area contributed by atoms with E-state index in [1.54, 1.807) is 0 Å². The van der Waals surface area contributed by atoms with Crippen LogP contribution >= 0.6 is 0 Å². The SMILES string of the molecule is O=C(O)CCCCCCC/C=C\CCCCCC[CH2][Na]. The zero-order valence-electron chi connectivity index (χ0n) is 13.4. The fourth-order valence-electron chi connectivity index (χ4n) is 2.35. The van der Waals surface area contributed by atoms with Crippen LogP contribution in [0.25, 0.3) is 0 Å². The Morgan fingerprint density at radius 2 is 1.20 bits per heavy atom. The Balaban J connectivity index is 3.07. The molecule has 0 fully saturated rings. The van der Waals surface area contributed by atoms with Crippen molar-refractivity contribution in [2.75, 3.05) is 0 Å². The molecule has 3 heteroatoms. The van der Waals surface area contributed by atoms with Crippen LogP contribution in [-0.4, -0.2) is 39.0 Å². The van der Waals surface area contributed by atoms with E-state index in [0.717, 1.165) is 12.8 Å². The molecular weight excluding hydrogens is 259 g/mol. The second kappa shape index (κ2) is 17.3. The molecule has 0 aromatic carbocycles. The predicted octanol–water partition coefficient (Wildman–Crippen LogP) is 5.29. The first-order valence-corrected chi connectivity index (χ1v) is 10.1. The van der Waals surface area contributed by atoms with Crippen molar-refractivity contribution in [3.05, 3.63) is 12.2 Å². The zero-order chi connectivity index (χ0) is 14.9. The number of carboxylic acids is 1. The second-order valence-corrected chi connectivity index (χ2v) is 6.73. The van der Waals surface area contributed by atoms with Gasteiger partial charge in [-0.25, -0.2) is 0 Å². The average Bonchev–Trinajstić information content (AvgIpc) is 2.43. The molecule has 0 spiro atoms. The number of unbranched alkanes of at least 4 members (excludes halogenated alkanes) is 10. The number of carbonyl (C=O) groups is 1. The van der Waals surface area contributed by atoms with Gasteiger partial charge in [0, 0.05) is 6.42 Å². The summed E-state index contributed by atoms with van der Waals surface area (Å²) in [7, 11) is 0. The molecule has 0 aliphatic rings. The molecule has 112 valence electrons. The molecule has 20 heavy (non-hydrogen) atoms. The summed E-state index contributed by atoms with van der Waals surface area (Å²) in [6.07, 6.45) is 20.1. The van der Waals surface area contributed by atoms with Gasteiger partial charge in [-0.2, -0.15) is 0 Å². The Morgan fingerprint density at radius 3 is 1.70 bits per heavy atom. The molecule has 0 rings (SSSR count). The molecule has 0 heterocycles. The quantitative estimate of drug-likeness (QED) is 0.253. The molecule has 0 aromatic rings. The van der Waals surface area contributed by atoms with Gasteiger partial charge in [-0.15, -0.1) is 0 Å². The summed E-state index contributed by atoms with van der Waals surface area (Å²) < 4.78 is 1.47. The molecule has 0 bridgehead atoms. The third-order valence-electron chi connectivity index (χ3n) is 3.65. The Morgan fingerprint density at radius 1 is 0.750 bits per heavy atom. The van der Waals surface area contributed by atoms with Gasteiger partial charge in [-0.05, 0) is 6.42 Å². The maximum absolute atomic E-state index is 10.3. The summed E-state index contributed by atoms with van der Waals surface area (Å²) in [5, 5.41) is 8.51. The van der Waals surface area contributed by atoms with Gasteiger partial charge in [0.25, 0.3) is 0 Å². The molecule has 0 amide bonds. The van der Waals surface area contributed by atoms with Crippen molar-refractivity contribution >= 4 is 33.9 Å². The van der Waals surface area contributed by atoms with Crippen LogP contribution in [0.3, 0.4) is 0 Å². The van der Waals surface area contributed by atoms with Crippen LogP contribution in [0.2, 0.25) is 3.67 Å². The standard InChI is InChI=1S/C17H31O2.Na/c1-2-3-4-5-6-7-8-9-10-11-12-13-14-15-16-17(18)19;/h8-9H,1-7,10-16H2,(H,18,19);/b9-8-;. The Labute approximate surface area is 142 Å². The third kappa shape index (κ3) is 18.2. The molecule has 0 aliphatic carbocycles. The van der Waals surface area contributed by atoms with Crippen LogP contribution in [0.5, 0.6) is 0 Å². The molecular formula is C17H31NaO2. The fraction of sp³-hybridized carbons (Fsp3) is 0.824. The van der Waals surface area contributed by atoms with Gasteiger partial charge in [-0.3, -0.25) is 4.79 Å². The van der Waals surface area contributed by atoms with E-state index in [-0.39, 0.29) is 0 Å². The molecule has 0 aliphatic heterocycles. The number of carboxylic acid groups (broad SMARTS) is 1. The van der Waals surface area contributed by atoms with Crippen molar-refractivity contribution in [3.63, 3.8) is 0 Å². The number of hydrogen-bond donors (Lipinski definition) is 1. The Bertz CT molecular complexity index is 239. The first-order chi connectivity index (χ1) is 9.77. The van der Waals surface area contributed by atoms with Crippen LogP contribution in [0.1, 0.15) is 83.5 Å². The summed E-state index contributed by atoms with van der Waals surface area (Å²) in [6, 6.07) is 0. The van der Waals surface area contributed by atoms with Gasteiger partial charge in [0.15, 0.2) is 0 Å². The van der Waals surface area contributed by atoms with Gasteiger partial charge in [-0.1, -0.05) is 12.8 Å². The molecule has 0 atom stereocenters. The number of hydrogen-bond acceptors (Lipinski definition) is 1. The predicted molar refractivity (Wildman–Crippen MR) is 87.4 cm³/mol. The van der Waals surface area contributed by atoms with Gasteiger partial charge in [0.05, 0.1) is 0 Å². The van der Waals surface area contributed by atoms with Gasteiger partial charge >= 0.3 is 108 Å². The zero-order valence-corrected chi connectivity index (χ0v) is 15.4. The van der Waals surface area contributed by atoms with Crippen molar-refractivity contribution in [2.45, 2.75) is 87.1 Å². The average molecular weight is 290 g/mol.